The van der Waals surface area contributed by atoms with Crippen LogP contribution < -0.4 is 10.2 Å². The van der Waals surface area contributed by atoms with Gasteiger partial charge in [-0.2, -0.15) is 0 Å². The summed E-state index contributed by atoms with van der Waals surface area (Å²) in [4.78, 5) is 13.6. The van der Waals surface area contributed by atoms with Gasteiger partial charge >= 0.3 is 0 Å². The first-order chi connectivity index (χ1) is 11.1. The second-order valence-electron chi connectivity index (χ2n) is 5.88. The number of amides is 1. The van der Waals surface area contributed by atoms with Gasteiger partial charge in [-0.1, -0.05) is 6.07 Å². The Kier molecular flexibility index (Phi) is 6.80. The third-order valence-corrected chi connectivity index (χ3v) is 4.06. The third-order valence-electron chi connectivity index (χ3n) is 4.06. The van der Waals surface area contributed by atoms with Crippen LogP contribution in [0.5, 0.6) is 0 Å². The minimum Gasteiger partial charge on any atom is -0.393 e. The van der Waals surface area contributed by atoms with Crippen LogP contribution >= 0.6 is 0 Å². The Morgan fingerprint density at radius 2 is 2.17 bits per heavy atom. The molecule has 0 unspecified atom stereocenters. The number of methoxy groups -OCH3 is 1. The average molecular weight is 324 g/mol. The molecule has 1 aromatic carbocycles. The number of benzene rings is 1. The summed E-state index contributed by atoms with van der Waals surface area (Å²) in [5.74, 6) is -0.343. The highest BCUT2D eigenvalue weighted by atomic mass is 19.1. The Morgan fingerprint density at radius 1 is 1.43 bits per heavy atom. The molecule has 1 amide bonds. The van der Waals surface area contributed by atoms with E-state index < -0.39 is 0 Å². The van der Waals surface area contributed by atoms with Crippen molar-refractivity contribution >= 4 is 11.6 Å². The van der Waals surface area contributed by atoms with Crippen LogP contribution in [0, 0.1) is 5.82 Å². The van der Waals surface area contributed by atoms with Crippen molar-refractivity contribution in [1.29, 1.82) is 0 Å². The van der Waals surface area contributed by atoms with Crippen LogP contribution in [-0.2, 0) is 16.1 Å². The number of nitrogens with one attached hydrogen (secondary N) is 1. The molecule has 1 aliphatic rings. The molecule has 1 aliphatic heterocycles. The fourth-order valence-corrected chi connectivity index (χ4v) is 2.69. The predicted octanol–water partition coefficient (Wildman–Crippen LogP) is 1.83. The zero-order valence-corrected chi connectivity index (χ0v) is 13.6. The van der Waals surface area contributed by atoms with Crippen LogP contribution in [0.4, 0.5) is 10.1 Å². The highest BCUT2D eigenvalue weighted by Crippen LogP contribution is 2.24. The SMILES string of the molecule is COCCCC(=O)NCc1ccc(N2CCC(O)CC2)c(F)c1. The monoisotopic (exact) mass is 324 g/mol. The van der Waals surface area contributed by atoms with E-state index in [2.05, 4.69) is 5.32 Å². The maximum atomic E-state index is 14.3. The molecule has 0 aliphatic carbocycles. The number of ether oxygens (including phenoxy) is 1. The number of hydrogen-bond donors (Lipinski definition) is 2. The molecule has 1 heterocycles. The van der Waals surface area contributed by atoms with E-state index in [0.717, 1.165) is 5.56 Å². The summed E-state index contributed by atoms with van der Waals surface area (Å²) in [6.07, 6.45) is 2.14. The van der Waals surface area contributed by atoms with E-state index in [1.165, 1.54) is 6.07 Å². The molecular weight excluding hydrogens is 299 g/mol. The summed E-state index contributed by atoms with van der Waals surface area (Å²) in [5, 5.41) is 12.3. The lowest BCUT2D eigenvalue weighted by Crippen LogP contribution is -2.36. The van der Waals surface area contributed by atoms with Gasteiger partial charge in [-0.05, 0) is 37.0 Å². The summed E-state index contributed by atoms with van der Waals surface area (Å²) in [5.41, 5.74) is 1.30. The van der Waals surface area contributed by atoms with Crippen LogP contribution in [0.15, 0.2) is 18.2 Å². The number of nitrogens with zero attached hydrogens (tertiary/aromatic N) is 1. The van der Waals surface area contributed by atoms with Crippen LogP contribution in [0.25, 0.3) is 0 Å². The highest BCUT2D eigenvalue weighted by Gasteiger charge is 2.19. The number of rotatable bonds is 7. The standard InChI is InChI=1S/C17H25FN2O3/c1-23-10-2-3-17(22)19-12-13-4-5-16(15(18)11-13)20-8-6-14(21)7-9-20/h4-5,11,14,21H,2-3,6-10,12H2,1H3,(H,19,22). The van der Waals surface area contributed by atoms with Gasteiger partial charge in [0.2, 0.25) is 5.91 Å². The molecule has 0 saturated carbocycles. The number of piperidine rings is 1. The van der Waals surface area contributed by atoms with E-state index >= 15 is 0 Å². The lowest BCUT2D eigenvalue weighted by molar-refractivity contribution is -0.121. The van der Waals surface area contributed by atoms with Crippen LogP contribution in [0.3, 0.4) is 0 Å². The van der Waals surface area contributed by atoms with Gasteiger partial charge in [0.15, 0.2) is 0 Å². The second kappa shape index (κ2) is 8.84. The molecule has 6 heteroatoms. The lowest BCUT2D eigenvalue weighted by atomic mass is 10.1. The molecule has 23 heavy (non-hydrogen) atoms. The number of aliphatic hydroxyl groups is 1. The van der Waals surface area contributed by atoms with Gasteiger partial charge in [-0.25, -0.2) is 4.39 Å². The minimum atomic E-state index is -0.285. The fraction of sp³-hybridized carbons (Fsp3) is 0.588. The van der Waals surface area contributed by atoms with Gasteiger partial charge in [-0.15, -0.1) is 0 Å². The van der Waals surface area contributed by atoms with Crippen molar-refractivity contribution in [3.05, 3.63) is 29.6 Å². The van der Waals surface area contributed by atoms with E-state index in [1.807, 2.05) is 11.0 Å². The molecule has 1 aromatic rings. The fourth-order valence-electron chi connectivity index (χ4n) is 2.69. The average Bonchev–Trinajstić information content (AvgIpc) is 2.54. The minimum absolute atomic E-state index is 0.0587. The van der Waals surface area contributed by atoms with Crippen LogP contribution in [0.1, 0.15) is 31.2 Å². The van der Waals surface area contributed by atoms with Gasteiger partial charge in [0.1, 0.15) is 5.82 Å². The summed E-state index contributed by atoms with van der Waals surface area (Å²) >= 11 is 0. The first kappa shape index (κ1) is 17.7. The molecule has 2 N–H and O–H groups in total. The van der Waals surface area contributed by atoms with Gasteiger partial charge in [-0.3, -0.25) is 4.79 Å². The number of carbonyl (C=O) groups excluding carboxylic acids is 1. The molecule has 5 nitrogen and oxygen atoms in total. The van der Waals surface area contributed by atoms with Crippen LogP contribution in [0.2, 0.25) is 0 Å². The lowest BCUT2D eigenvalue weighted by Gasteiger charge is -2.31. The Labute approximate surface area is 136 Å². The summed E-state index contributed by atoms with van der Waals surface area (Å²) in [6.45, 7) is 2.20. The summed E-state index contributed by atoms with van der Waals surface area (Å²) in [7, 11) is 1.60. The number of anilines is 1. The zero-order valence-electron chi connectivity index (χ0n) is 13.6. The van der Waals surface area contributed by atoms with Crippen molar-refractivity contribution in [2.45, 2.75) is 38.3 Å². The van der Waals surface area contributed by atoms with E-state index in [4.69, 9.17) is 4.74 Å². The maximum absolute atomic E-state index is 14.3. The Morgan fingerprint density at radius 3 is 2.83 bits per heavy atom. The molecule has 1 saturated heterocycles. The van der Waals surface area contributed by atoms with Gasteiger partial charge in [0.25, 0.3) is 0 Å². The normalized spacial score (nSPS) is 15.7. The number of halogens is 1. The summed E-state index contributed by atoms with van der Waals surface area (Å²) in [6, 6.07) is 5.05. The Balaban J connectivity index is 1.85. The first-order valence-electron chi connectivity index (χ1n) is 8.07. The van der Waals surface area contributed by atoms with Crippen molar-refractivity contribution in [3.63, 3.8) is 0 Å². The van der Waals surface area contributed by atoms with Crippen molar-refractivity contribution < 1.29 is 19.0 Å². The van der Waals surface area contributed by atoms with E-state index in [-0.39, 0.29) is 17.8 Å². The zero-order chi connectivity index (χ0) is 16.7. The van der Waals surface area contributed by atoms with Gasteiger partial charge in [0.05, 0.1) is 11.8 Å². The Hall–Kier alpha value is -1.66. The maximum Gasteiger partial charge on any atom is 0.220 e. The number of aliphatic hydroxyl groups excluding tert-OH is 1. The largest absolute Gasteiger partial charge is 0.393 e. The molecule has 0 radical (unpaired) electrons. The molecule has 0 spiro atoms. The molecule has 0 bridgehead atoms. The molecular formula is C17H25FN2O3. The number of carbonyl (C=O) groups is 1. The first-order valence-corrected chi connectivity index (χ1v) is 8.07. The smallest absolute Gasteiger partial charge is 0.220 e. The Bertz CT molecular complexity index is 517. The third kappa shape index (κ3) is 5.48. The van der Waals surface area contributed by atoms with E-state index in [9.17, 15) is 14.3 Å². The topological polar surface area (TPSA) is 61.8 Å². The second-order valence-corrected chi connectivity index (χ2v) is 5.88. The molecule has 0 atom stereocenters. The van der Waals surface area contributed by atoms with Crippen molar-refractivity contribution in [2.75, 3.05) is 31.7 Å². The summed E-state index contributed by atoms with van der Waals surface area (Å²) < 4.78 is 19.2. The van der Waals surface area contributed by atoms with Gasteiger partial charge < -0.3 is 20.1 Å². The molecule has 1 fully saturated rings. The number of hydrogen-bond acceptors (Lipinski definition) is 4. The van der Waals surface area contributed by atoms with E-state index in [1.54, 1.807) is 13.2 Å². The predicted molar refractivity (Wildman–Crippen MR) is 86.8 cm³/mol. The highest BCUT2D eigenvalue weighted by molar-refractivity contribution is 5.75. The molecule has 0 aromatic heterocycles. The van der Waals surface area contributed by atoms with Gasteiger partial charge in [0, 0.05) is 39.8 Å². The molecule has 2 rings (SSSR count). The van der Waals surface area contributed by atoms with Crippen molar-refractivity contribution in [3.8, 4) is 0 Å². The quantitative estimate of drug-likeness (QED) is 0.751. The van der Waals surface area contributed by atoms with Crippen molar-refractivity contribution in [1.82, 2.24) is 5.32 Å². The van der Waals surface area contributed by atoms with E-state index in [0.29, 0.717) is 57.6 Å². The van der Waals surface area contributed by atoms with Crippen LogP contribution in [-0.4, -0.2) is 43.9 Å². The van der Waals surface area contributed by atoms with Crippen molar-refractivity contribution in [2.24, 2.45) is 0 Å². The molecule has 128 valence electrons.